The standard InChI is InChI=1S/C28H25N3O5/c1-19-6-5-7-20(2)28(19)36-18-27(32)30-29-16-25-24-9-4-3-8-22(24)12-15-26(25)35-17-21-10-13-23(14-11-21)31(33)34/h3-16H,17-18H2,1-2H3,(H,30,32)/b29-16-. The van der Waals surface area contributed by atoms with Crippen LogP contribution in [0.15, 0.2) is 84.0 Å². The number of aryl methyl sites for hydroxylation is 2. The molecule has 0 fully saturated rings. The first kappa shape index (κ1) is 24.4. The zero-order chi connectivity index (χ0) is 25.5. The summed E-state index contributed by atoms with van der Waals surface area (Å²) in [6, 6.07) is 23.5. The first-order valence-electron chi connectivity index (χ1n) is 11.3. The molecule has 0 aliphatic heterocycles. The number of amides is 1. The first-order chi connectivity index (χ1) is 17.4. The lowest BCUT2D eigenvalue weighted by Gasteiger charge is -2.12. The van der Waals surface area contributed by atoms with Crippen LogP contribution in [0.2, 0.25) is 0 Å². The number of ether oxygens (including phenoxy) is 2. The van der Waals surface area contributed by atoms with Crippen LogP contribution in [-0.4, -0.2) is 23.7 Å². The fraction of sp³-hybridized carbons (Fsp3) is 0.143. The highest BCUT2D eigenvalue weighted by atomic mass is 16.6. The number of benzene rings is 4. The number of non-ortho nitro benzene ring substituents is 1. The van der Waals surface area contributed by atoms with Gasteiger partial charge in [-0.15, -0.1) is 0 Å². The molecule has 182 valence electrons. The van der Waals surface area contributed by atoms with Gasteiger partial charge in [0.05, 0.1) is 11.1 Å². The Hall–Kier alpha value is -4.72. The molecule has 0 aliphatic carbocycles. The second kappa shape index (κ2) is 11.1. The van der Waals surface area contributed by atoms with Gasteiger partial charge in [0, 0.05) is 17.7 Å². The Morgan fingerprint density at radius 3 is 2.39 bits per heavy atom. The lowest BCUT2D eigenvalue weighted by molar-refractivity contribution is -0.384. The average Bonchev–Trinajstić information content (AvgIpc) is 2.88. The van der Waals surface area contributed by atoms with Crippen molar-refractivity contribution < 1.29 is 19.2 Å². The number of fused-ring (bicyclic) bond motifs is 1. The topological polar surface area (TPSA) is 103 Å². The molecule has 0 aromatic heterocycles. The minimum atomic E-state index is -0.440. The van der Waals surface area contributed by atoms with E-state index >= 15 is 0 Å². The summed E-state index contributed by atoms with van der Waals surface area (Å²) in [7, 11) is 0. The van der Waals surface area contributed by atoms with Gasteiger partial charge in [-0.2, -0.15) is 5.10 Å². The van der Waals surface area contributed by atoms with Crippen molar-refractivity contribution in [3.8, 4) is 11.5 Å². The molecule has 4 rings (SSSR count). The van der Waals surface area contributed by atoms with Gasteiger partial charge >= 0.3 is 0 Å². The van der Waals surface area contributed by atoms with E-state index in [9.17, 15) is 14.9 Å². The van der Waals surface area contributed by atoms with Crippen LogP contribution in [0.1, 0.15) is 22.3 Å². The summed E-state index contributed by atoms with van der Waals surface area (Å²) >= 11 is 0. The van der Waals surface area contributed by atoms with Crippen molar-refractivity contribution in [2.24, 2.45) is 5.10 Å². The minimum absolute atomic E-state index is 0.0228. The number of hydrogen-bond acceptors (Lipinski definition) is 6. The lowest BCUT2D eigenvalue weighted by Crippen LogP contribution is -2.25. The molecule has 4 aromatic rings. The molecule has 8 heteroatoms. The van der Waals surface area contributed by atoms with Crippen molar-refractivity contribution in [2.75, 3.05) is 6.61 Å². The second-order valence-electron chi connectivity index (χ2n) is 8.21. The molecule has 1 N–H and O–H groups in total. The molecule has 0 spiro atoms. The van der Waals surface area contributed by atoms with Crippen LogP contribution in [0.5, 0.6) is 11.5 Å². The van der Waals surface area contributed by atoms with Crippen molar-refractivity contribution >= 4 is 28.6 Å². The van der Waals surface area contributed by atoms with E-state index in [0.717, 1.165) is 27.5 Å². The summed E-state index contributed by atoms with van der Waals surface area (Å²) in [6.45, 7) is 3.91. The average molecular weight is 484 g/mol. The SMILES string of the molecule is Cc1cccc(C)c1OCC(=O)N/N=C\c1c(OCc2ccc([N+](=O)[O-])cc2)ccc2ccccc12. The van der Waals surface area contributed by atoms with Gasteiger partial charge in [0.2, 0.25) is 0 Å². The molecular formula is C28H25N3O5. The molecule has 0 aliphatic rings. The molecule has 1 amide bonds. The molecule has 0 bridgehead atoms. The van der Waals surface area contributed by atoms with E-state index in [1.165, 1.54) is 12.1 Å². The number of hydrazone groups is 1. The van der Waals surface area contributed by atoms with Crippen LogP contribution in [0.4, 0.5) is 5.69 Å². The Morgan fingerprint density at radius 1 is 0.944 bits per heavy atom. The largest absolute Gasteiger partial charge is 0.488 e. The zero-order valence-electron chi connectivity index (χ0n) is 19.9. The second-order valence-corrected chi connectivity index (χ2v) is 8.21. The predicted molar refractivity (Wildman–Crippen MR) is 139 cm³/mol. The molecule has 0 unspecified atom stereocenters. The summed E-state index contributed by atoms with van der Waals surface area (Å²) in [5.41, 5.74) is 5.93. The molecule has 8 nitrogen and oxygen atoms in total. The number of carbonyl (C=O) groups excluding carboxylic acids is 1. The Bertz CT molecular complexity index is 1410. The highest BCUT2D eigenvalue weighted by Crippen LogP contribution is 2.28. The highest BCUT2D eigenvalue weighted by molar-refractivity contribution is 6.02. The smallest absolute Gasteiger partial charge is 0.277 e. The number of carbonyl (C=O) groups is 1. The van der Waals surface area contributed by atoms with E-state index in [4.69, 9.17) is 9.47 Å². The van der Waals surface area contributed by atoms with Crippen molar-refractivity contribution in [1.29, 1.82) is 0 Å². The van der Waals surface area contributed by atoms with E-state index in [1.54, 1.807) is 18.3 Å². The number of rotatable bonds is 9. The lowest BCUT2D eigenvalue weighted by atomic mass is 10.0. The molecule has 0 saturated carbocycles. The minimum Gasteiger partial charge on any atom is -0.488 e. The molecule has 36 heavy (non-hydrogen) atoms. The van der Waals surface area contributed by atoms with Gasteiger partial charge in [-0.25, -0.2) is 5.43 Å². The molecule has 0 radical (unpaired) electrons. The van der Waals surface area contributed by atoms with E-state index in [0.29, 0.717) is 17.1 Å². The number of nitro benzene ring substituents is 1. The number of nitro groups is 1. The normalized spacial score (nSPS) is 10.9. The van der Waals surface area contributed by atoms with Crippen molar-refractivity contribution in [2.45, 2.75) is 20.5 Å². The van der Waals surface area contributed by atoms with Gasteiger partial charge in [-0.1, -0.05) is 48.5 Å². The van der Waals surface area contributed by atoms with Crippen LogP contribution in [-0.2, 0) is 11.4 Å². The van der Waals surface area contributed by atoms with Gasteiger partial charge < -0.3 is 9.47 Å². The molecule has 0 saturated heterocycles. The first-order valence-corrected chi connectivity index (χ1v) is 11.3. The summed E-state index contributed by atoms with van der Waals surface area (Å²) in [4.78, 5) is 22.8. The summed E-state index contributed by atoms with van der Waals surface area (Å²) < 4.78 is 11.7. The van der Waals surface area contributed by atoms with Crippen molar-refractivity contribution in [3.05, 3.63) is 111 Å². The van der Waals surface area contributed by atoms with Gasteiger partial charge in [-0.3, -0.25) is 14.9 Å². The van der Waals surface area contributed by atoms with E-state index in [1.807, 2.05) is 68.4 Å². The van der Waals surface area contributed by atoms with Crippen molar-refractivity contribution in [1.82, 2.24) is 5.43 Å². The third kappa shape index (κ3) is 5.85. The number of nitrogens with zero attached hydrogens (tertiary/aromatic N) is 2. The van der Waals surface area contributed by atoms with Crippen LogP contribution < -0.4 is 14.9 Å². The molecular weight excluding hydrogens is 458 g/mol. The summed E-state index contributed by atoms with van der Waals surface area (Å²) in [6.07, 6.45) is 1.55. The van der Waals surface area contributed by atoms with E-state index < -0.39 is 4.92 Å². The van der Waals surface area contributed by atoms with E-state index in [2.05, 4.69) is 10.5 Å². The quantitative estimate of drug-likeness (QED) is 0.193. The van der Waals surface area contributed by atoms with E-state index in [-0.39, 0.29) is 24.8 Å². The van der Waals surface area contributed by atoms with Crippen LogP contribution >= 0.6 is 0 Å². The van der Waals surface area contributed by atoms with Gasteiger partial charge in [0.15, 0.2) is 6.61 Å². The monoisotopic (exact) mass is 483 g/mol. The third-order valence-electron chi connectivity index (χ3n) is 5.61. The van der Waals surface area contributed by atoms with Crippen molar-refractivity contribution in [3.63, 3.8) is 0 Å². The number of hydrogen-bond donors (Lipinski definition) is 1. The summed E-state index contributed by atoms with van der Waals surface area (Å²) in [5.74, 6) is 0.868. The van der Waals surface area contributed by atoms with Crippen LogP contribution in [0, 0.1) is 24.0 Å². The Kier molecular flexibility index (Phi) is 7.55. The third-order valence-corrected chi connectivity index (χ3v) is 5.61. The fourth-order valence-corrected chi connectivity index (χ4v) is 3.78. The maximum Gasteiger partial charge on any atom is 0.277 e. The van der Waals surface area contributed by atoms with Crippen LogP contribution in [0.3, 0.4) is 0 Å². The zero-order valence-corrected chi connectivity index (χ0v) is 19.9. The van der Waals surface area contributed by atoms with Gasteiger partial charge in [-0.05, 0) is 59.5 Å². The Balaban J connectivity index is 1.47. The van der Waals surface area contributed by atoms with Gasteiger partial charge in [0.25, 0.3) is 11.6 Å². The predicted octanol–water partition coefficient (Wildman–Crippen LogP) is 5.47. The maximum atomic E-state index is 12.3. The molecule has 0 heterocycles. The fourth-order valence-electron chi connectivity index (χ4n) is 3.78. The molecule has 4 aromatic carbocycles. The highest BCUT2D eigenvalue weighted by Gasteiger charge is 2.10. The Morgan fingerprint density at radius 2 is 1.67 bits per heavy atom. The maximum absolute atomic E-state index is 12.3. The Labute approximate surface area is 208 Å². The van der Waals surface area contributed by atoms with Crippen LogP contribution in [0.25, 0.3) is 10.8 Å². The van der Waals surface area contributed by atoms with Gasteiger partial charge in [0.1, 0.15) is 18.1 Å². The number of para-hydroxylation sites is 1. The summed E-state index contributed by atoms with van der Waals surface area (Å²) in [5, 5.41) is 16.9. The number of nitrogens with one attached hydrogen (secondary N) is 1. The molecule has 0 atom stereocenters.